The van der Waals surface area contributed by atoms with Gasteiger partial charge in [0.15, 0.2) is 5.84 Å². The SMILES string of the molecule is CC(C)(C)OC(=O)NC1CC(Oc2ccc(C(C)(C)c3ccc(Oc4cccc(C(N)=NO)n4)cc3)cc2)C1. The van der Waals surface area contributed by atoms with E-state index in [1.807, 2.05) is 57.2 Å². The number of pyridine rings is 1. The quantitative estimate of drug-likeness (QED) is 0.146. The molecule has 206 valence electrons. The molecular weight excluding hydrogens is 496 g/mol. The van der Waals surface area contributed by atoms with Crippen LogP contribution in [-0.2, 0) is 10.2 Å². The summed E-state index contributed by atoms with van der Waals surface area (Å²) in [5.74, 6) is 1.70. The first kappa shape index (κ1) is 27.8. The number of carbonyl (C=O) groups is 1. The summed E-state index contributed by atoms with van der Waals surface area (Å²) in [5, 5.41) is 14.7. The minimum Gasteiger partial charge on any atom is -0.490 e. The lowest BCUT2D eigenvalue weighted by Crippen LogP contribution is -2.50. The Balaban J connectivity index is 1.32. The van der Waals surface area contributed by atoms with E-state index in [1.165, 1.54) is 0 Å². The van der Waals surface area contributed by atoms with E-state index >= 15 is 0 Å². The molecule has 4 N–H and O–H groups in total. The molecule has 2 aromatic carbocycles. The number of rotatable bonds is 8. The number of nitrogens with one attached hydrogen (secondary N) is 1. The van der Waals surface area contributed by atoms with E-state index in [1.54, 1.807) is 18.2 Å². The second kappa shape index (κ2) is 11.2. The summed E-state index contributed by atoms with van der Waals surface area (Å²) < 4.78 is 17.3. The number of aromatic nitrogens is 1. The molecule has 9 nitrogen and oxygen atoms in total. The van der Waals surface area contributed by atoms with Crippen molar-refractivity contribution in [2.75, 3.05) is 0 Å². The molecular formula is C30H36N4O5. The van der Waals surface area contributed by atoms with Crippen molar-refractivity contribution < 1.29 is 24.2 Å². The van der Waals surface area contributed by atoms with Gasteiger partial charge in [-0.3, -0.25) is 0 Å². The topological polar surface area (TPSA) is 128 Å². The normalized spacial score (nSPS) is 17.6. The first-order chi connectivity index (χ1) is 18.4. The maximum absolute atomic E-state index is 11.9. The molecule has 1 fully saturated rings. The first-order valence-electron chi connectivity index (χ1n) is 12.9. The standard InChI is InChI=1S/C30H36N4O5/c1-29(2,3)39-28(35)32-21-17-24(18-21)37-22-13-9-19(10-14-22)30(4,5)20-11-15-23(16-12-20)38-26-8-6-7-25(33-26)27(31)34-36/h6-16,21,24,36H,17-18H2,1-5H3,(H2,31,34)(H,32,35). The minimum absolute atomic E-state index is 0.0684. The van der Waals surface area contributed by atoms with Crippen LogP contribution in [0.25, 0.3) is 0 Å². The van der Waals surface area contributed by atoms with Crippen LogP contribution in [0, 0.1) is 0 Å². The van der Waals surface area contributed by atoms with Gasteiger partial charge in [0.1, 0.15) is 28.9 Å². The second-order valence-corrected chi connectivity index (χ2v) is 11.2. The average Bonchev–Trinajstić information content (AvgIpc) is 2.86. The second-order valence-electron chi connectivity index (χ2n) is 11.2. The number of oxime groups is 1. The van der Waals surface area contributed by atoms with Crippen molar-refractivity contribution >= 4 is 11.9 Å². The summed E-state index contributed by atoms with van der Waals surface area (Å²) in [6, 6.07) is 21.1. The lowest BCUT2D eigenvalue weighted by atomic mass is 9.78. The smallest absolute Gasteiger partial charge is 0.407 e. The zero-order chi connectivity index (χ0) is 28.2. The summed E-state index contributed by atoms with van der Waals surface area (Å²) in [7, 11) is 0. The lowest BCUT2D eigenvalue weighted by molar-refractivity contribution is 0.0363. The number of nitrogens with zero attached hydrogens (tertiary/aromatic N) is 2. The Labute approximate surface area is 229 Å². The fraction of sp³-hybridized carbons (Fsp3) is 0.367. The van der Waals surface area contributed by atoms with Crippen molar-refractivity contribution in [2.24, 2.45) is 10.9 Å². The molecule has 3 aromatic rings. The van der Waals surface area contributed by atoms with Gasteiger partial charge in [-0.15, -0.1) is 0 Å². The number of hydrogen-bond donors (Lipinski definition) is 3. The lowest BCUT2D eigenvalue weighted by Gasteiger charge is -2.36. The Hall–Kier alpha value is -4.27. The average molecular weight is 533 g/mol. The Kier molecular flexibility index (Phi) is 7.99. The summed E-state index contributed by atoms with van der Waals surface area (Å²) >= 11 is 0. The molecule has 0 unspecified atom stereocenters. The summed E-state index contributed by atoms with van der Waals surface area (Å²) in [4.78, 5) is 16.2. The summed E-state index contributed by atoms with van der Waals surface area (Å²) in [5.41, 5.74) is 7.46. The van der Waals surface area contributed by atoms with Gasteiger partial charge in [-0.05, 0) is 62.2 Å². The third kappa shape index (κ3) is 7.19. The maximum atomic E-state index is 11.9. The molecule has 0 aliphatic heterocycles. The molecule has 1 aliphatic rings. The zero-order valence-corrected chi connectivity index (χ0v) is 23.0. The Morgan fingerprint density at radius 2 is 1.54 bits per heavy atom. The van der Waals surface area contributed by atoms with Crippen LogP contribution in [0.4, 0.5) is 4.79 Å². The molecule has 1 heterocycles. The van der Waals surface area contributed by atoms with Crippen molar-refractivity contribution in [2.45, 2.75) is 70.6 Å². The van der Waals surface area contributed by atoms with Crippen molar-refractivity contribution in [1.29, 1.82) is 0 Å². The van der Waals surface area contributed by atoms with Gasteiger partial charge in [-0.1, -0.05) is 49.3 Å². The van der Waals surface area contributed by atoms with Crippen LogP contribution >= 0.6 is 0 Å². The van der Waals surface area contributed by atoms with Gasteiger partial charge in [0.2, 0.25) is 5.88 Å². The summed E-state index contributed by atoms with van der Waals surface area (Å²) in [6.45, 7) is 9.88. The zero-order valence-electron chi connectivity index (χ0n) is 23.0. The fourth-order valence-electron chi connectivity index (χ4n) is 4.29. The molecule has 0 radical (unpaired) electrons. The molecule has 0 bridgehead atoms. The molecule has 9 heteroatoms. The highest BCUT2D eigenvalue weighted by atomic mass is 16.6. The number of ether oxygens (including phenoxy) is 3. The van der Waals surface area contributed by atoms with Gasteiger partial charge in [0.05, 0.1) is 0 Å². The number of amides is 1. The predicted octanol–water partition coefficient (Wildman–Crippen LogP) is 5.73. The van der Waals surface area contributed by atoms with Gasteiger partial charge in [0, 0.05) is 30.4 Å². The molecule has 0 atom stereocenters. The van der Waals surface area contributed by atoms with Gasteiger partial charge >= 0.3 is 6.09 Å². The van der Waals surface area contributed by atoms with Crippen molar-refractivity contribution in [3.05, 3.63) is 83.6 Å². The van der Waals surface area contributed by atoms with Crippen LogP contribution in [0.3, 0.4) is 0 Å². The highest BCUT2D eigenvalue weighted by Gasteiger charge is 2.33. The van der Waals surface area contributed by atoms with Crippen LogP contribution in [-0.4, -0.2) is 39.9 Å². The molecule has 1 saturated carbocycles. The van der Waals surface area contributed by atoms with E-state index in [0.29, 0.717) is 17.3 Å². The molecule has 39 heavy (non-hydrogen) atoms. The van der Waals surface area contributed by atoms with Crippen LogP contribution in [0.1, 0.15) is 64.3 Å². The third-order valence-corrected chi connectivity index (χ3v) is 6.59. The fourth-order valence-corrected chi connectivity index (χ4v) is 4.29. The van der Waals surface area contributed by atoms with E-state index in [4.69, 9.17) is 25.2 Å². The van der Waals surface area contributed by atoms with Crippen LogP contribution in [0.2, 0.25) is 0 Å². The minimum atomic E-state index is -0.508. The third-order valence-electron chi connectivity index (χ3n) is 6.59. The highest BCUT2D eigenvalue weighted by Crippen LogP contribution is 2.35. The molecule has 0 spiro atoms. The largest absolute Gasteiger partial charge is 0.490 e. The molecule has 1 amide bonds. The molecule has 1 aromatic heterocycles. The van der Waals surface area contributed by atoms with Crippen LogP contribution in [0.5, 0.6) is 17.4 Å². The summed E-state index contributed by atoms with van der Waals surface area (Å²) in [6.07, 6.45) is 1.19. The number of alkyl carbamates (subject to hydrolysis) is 1. The van der Waals surface area contributed by atoms with Crippen LogP contribution < -0.4 is 20.5 Å². The molecule has 0 saturated heterocycles. The predicted molar refractivity (Wildman–Crippen MR) is 149 cm³/mol. The van der Waals surface area contributed by atoms with Crippen molar-refractivity contribution in [1.82, 2.24) is 10.3 Å². The van der Waals surface area contributed by atoms with E-state index in [0.717, 1.165) is 29.7 Å². The van der Waals surface area contributed by atoms with E-state index < -0.39 is 5.60 Å². The Bertz CT molecular complexity index is 1310. The highest BCUT2D eigenvalue weighted by molar-refractivity contribution is 5.95. The van der Waals surface area contributed by atoms with E-state index in [2.05, 4.69) is 41.4 Å². The molecule has 4 rings (SSSR count). The number of benzene rings is 2. The Morgan fingerprint density at radius 3 is 2.10 bits per heavy atom. The molecule has 1 aliphatic carbocycles. The maximum Gasteiger partial charge on any atom is 0.407 e. The first-order valence-corrected chi connectivity index (χ1v) is 12.9. The van der Waals surface area contributed by atoms with Gasteiger partial charge in [-0.25, -0.2) is 9.78 Å². The van der Waals surface area contributed by atoms with Crippen LogP contribution in [0.15, 0.2) is 71.9 Å². The number of amidine groups is 1. The number of carbonyl (C=O) groups excluding carboxylic acids is 1. The van der Waals surface area contributed by atoms with Crippen molar-refractivity contribution in [3.63, 3.8) is 0 Å². The van der Waals surface area contributed by atoms with Gasteiger partial charge in [-0.2, -0.15) is 0 Å². The van der Waals surface area contributed by atoms with Gasteiger partial charge in [0.25, 0.3) is 0 Å². The number of hydrogen-bond acceptors (Lipinski definition) is 7. The van der Waals surface area contributed by atoms with E-state index in [9.17, 15) is 4.79 Å². The van der Waals surface area contributed by atoms with Crippen molar-refractivity contribution in [3.8, 4) is 17.4 Å². The van der Waals surface area contributed by atoms with E-state index in [-0.39, 0.29) is 29.5 Å². The number of nitrogens with two attached hydrogens (primary N) is 1. The van der Waals surface area contributed by atoms with Gasteiger partial charge < -0.3 is 30.5 Å². The Morgan fingerprint density at radius 1 is 0.949 bits per heavy atom. The monoisotopic (exact) mass is 532 g/mol.